The van der Waals surface area contributed by atoms with Gasteiger partial charge in [0.05, 0.1) is 7.11 Å². The monoisotopic (exact) mass is 254 g/mol. The Balaban J connectivity index is 2.62. The van der Waals surface area contributed by atoms with E-state index in [-0.39, 0.29) is 11.5 Å². The van der Waals surface area contributed by atoms with Crippen LogP contribution in [0.1, 0.15) is 12.6 Å². The summed E-state index contributed by atoms with van der Waals surface area (Å²) in [5.74, 6) is 0.198. The lowest BCUT2D eigenvalue weighted by Gasteiger charge is -2.00. The number of aromatic amines is 1. The first-order chi connectivity index (χ1) is 8.02. The van der Waals surface area contributed by atoms with E-state index in [2.05, 4.69) is 14.7 Å². The maximum Gasteiger partial charge on any atom is 0.333 e. The zero-order valence-corrected chi connectivity index (χ0v) is 10.8. The molecule has 0 bridgehead atoms. The van der Waals surface area contributed by atoms with Crippen molar-refractivity contribution in [2.75, 3.05) is 12.9 Å². The van der Waals surface area contributed by atoms with Gasteiger partial charge in [0.25, 0.3) is 5.56 Å². The number of H-pyrrole nitrogens is 1. The summed E-state index contributed by atoms with van der Waals surface area (Å²) in [7, 11) is 1.34. The first kappa shape index (κ1) is 13.5. The van der Waals surface area contributed by atoms with Crippen molar-refractivity contribution in [1.82, 2.24) is 9.97 Å². The summed E-state index contributed by atoms with van der Waals surface area (Å²) >= 11 is 1.35. The number of carbonyl (C=O) groups excluding carboxylic acids is 1. The molecule has 0 unspecified atom stereocenters. The van der Waals surface area contributed by atoms with Crippen LogP contribution in [-0.2, 0) is 9.53 Å². The molecule has 0 atom stereocenters. The number of ether oxygens (including phenoxy) is 1. The van der Waals surface area contributed by atoms with Gasteiger partial charge in [-0.15, -0.1) is 0 Å². The summed E-state index contributed by atoms with van der Waals surface area (Å²) in [6.07, 6.45) is 1.73. The van der Waals surface area contributed by atoms with E-state index >= 15 is 0 Å². The van der Waals surface area contributed by atoms with Gasteiger partial charge in [0.2, 0.25) is 0 Å². The van der Waals surface area contributed by atoms with Gasteiger partial charge in [-0.25, -0.2) is 9.78 Å². The molecular weight excluding hydrogens is 240 g/mol. The van der Waals surface area contributed by atoms with Crippen molar-refractivity contribution in [3.63, 3.8) is 0 Å². The number of methoxy groups -OCH3 is 1. The third-order valence-corrected chi connectivity index (χ3v) is 2.77. The number of hydrogen-bond acceptors (Lipinski definition) is 5. The molecule has 1 N–H and O–H groups in total. The molecule has 1 heterocycles. The van der Waals surface area contributed by atoms with Crippen LogP contribution in [0.4, 0.5) is 0 Å². The van der Waals surface area contributed by atoms with Gasteiger partial charge in [-0.05, 0) is 13.8 Å². The van der Waals surface area contributed by atoms with Gasteiger partial charge in [-0.2, -0.15) is 0 Å². The second-order valence-electron chi connectivity index (χ2n) is 3.38. The molecule has 0 aromatic carbocycles. The molecule has 0 saturated carbocycles. The molecule has 1 rings (SSSR count). The highest BCUT2D eigenvalue weighted by Gasteiger charge is 2.03. The molecule has 17 heavy (non-hydrogen) atoms. The SMILES string of the molecule is COC(=O)C(C)=CCSc1nc(C)cc(=O)[nH]1. The van der Waals surface area contributed by atoms with Crippen molar-refractivity contribution < 1.29 is 9.53 Å². The Kier molecular flexibility index (Phi) is 4.96. The summed E-state index contributed by atoms with van der Waals surface area (Å²) in [6, 6.07) is 1.43. The molecule has 0 spiro atoms. The van der Waals surface area contributed by atoms with Crippen LogP contribution in [-0.4, -0.2) is 28.8 Å². The summed E-state index contributed by atoms with van der Waals surface area (Å²) in [6.45, 7) is 3.44. The van der Waals surface area contributed by atoms with Crippen LogP contribution in [0.2, 0.25) is 0 Å². The minimum atomic E-state index is -0.351. The van der Waals surface area contributed by atoms with E-state index in [1.165, 1.54) is 24.9 Å². The average Bonchev–Trinajstić information content (AvgIpc) is 2.26. The molecule has 0 amide bonds. The van der Waals surface area contributed by atoms with E-state index < -0.39 is 0 Å². The summed E-state index contributed by atoms with van der Waals surface area (Å²) in [5.41, 5.74) is 1.04. The number of hydrogen-bond donors (Lipinski definition) is 1. The highest BCUT2D eigenvalue weighted by molar-refractivity contribution is 7.99. The fourth-order valence-electron chi connectivity index (χ4n) is 1.11. The molecule has 1 aromatic heterocycles. The predicted molar refractivity (Wildman–Crippen MR) is 66.1 cm³/mol. The van der Waals surface area contributed by atoms with Gasteiger partial charge in [-0.3, -0.25) is 4.79 Å². The number of aryl methyl sites for hydroxylation is 1. The van der Waals surface area contributed by atoms with Crippen LogP contribution >= 0.6 is 11.8 Å². The molecule has 6 heteroatoms. The molecule has 0 fully saturated rings. The van der Waals surface area contributed by atoms with Crippen molar-refractivity contribution in [1.29, 1.82) is 0 Å². The minimum Gasteiger partial charge on any atom is -0.466 e. The fourth-order valence-corrected chi connectivity index (χ4v) is 1.98. The Morgan fingerprint density at radius 3 is 2.94 bits per heavy atom. The number of esters is 1. The second kappa shape index (κ2) is 6.24. The zero-order valence-electron chi connectivity index (χ0n) is 9.94. The van der Waals surface area contributed by atoms with E-state index in [1.54, 1.807) is 19.9 Å². The van der Waals surface area contributed by atoms with E-state index in [0.717, 1.165) is 0 Å². The minimum absolute atomic E-state index is 0.173. The van der Waals surface area contributed by atoms with Crippen molar-refractivity contribution >= 4 is 17.7 Å². The molecule has 0 aliphatic rings. The Morgan fingerprint density at radius 1 is 1.65 bits per heavy atom. The number of thioether (sulfide) groups is 1. The lowest BCUT2D eigenvalue weighted by molar-refractivity contribution is -0.136. The Hall–Kier alpha value is -1.56. The van der Waals surface area contributed by atoms with Crippen molar-refractivity contribution in [2.24, 2.45) is 0 Å². The second-order valence-corrected chi connectivity index (χ2v) is 4.39. The molecule has 0 radical (unpaired) electrons. The van der Waals surface area contributed by atoms with Gasteiger partial charge in [-0.1, -0.05) is 17.8 Å². The molecule has 0 aliphatic heterocycles. The first-order valence-electron chi connectivity index (χ1n) is 4.98. The summed E-state index contributed by atoms with van der Waals surface area (Å²) in [4.78, 5) is 29.0. The summed E-state index contributed by atoms with van der Waals surface area (Å²) in [5, 5.41) is 0.545. The van der Waals surface area contributed by atoms with E-state index in [4.69, 9.17) is 0 Å². The van der Waals surface area contributed by atoms with Gasteiger partial charge in [0, 0.05) is 23.1 Å². The Labute approximate surface area is 103 Å². The van der Waals surface area contributed by atoms with Crippen molar-refractivity contribution in [3.8, 4) is 0 Å². The lowest BCUT2D eigenvalue weighted by Crippen LogP contribution is -2.08. The van der Waals surface area contributed by atoms with Crippen molar-refractivity contribution in [2.45, 2.75) is 19.0 Å². The van der Waals surface area contributed by atoms with Crippen LogP contribution in [0.15, 0.2) is 27.7 Å². The smallest absolute Gasteiger partial charge is 0.333 e. The Morgan fingerprint density at radius 2 is 2.35 bits per heavy atom. The van der Waals surface area contributed by atoms with Crippen LogP contribution in [0.3, 0.4) is 0 Å². The maximum absolute atomic E-state index is 11.2. The van der Waals surface area contributed by atoms with Crippen LogP contribution < -0.4 is 5.56 Å². The van der Waals surface area contributed by atoms with Crippen LogP contribution in [0.5, 0.6) is 0 Å². The fraction of sp³-hybridized carbons (Fsp3) is 0.364. The topological polar surface area (TPSA) is 72.0 Å². The number of carbonyl (C=O) groups is 1. The lowest BCUT2D eigenvalue weighted by atomic mass is 10.3. The number of aromatic nitrogens is 2. The zero-order chi connectivity index (χ0) is 12.8. The van der Waals surface area contributed by atoms with Crippen LogP contribution in [0, 0.1) is 6.92 Å². The highest BCUT2D eigenvalue weighted by atomic mass is 32.2. The molecule has 92 valence electrons. The Bertz CT molecular complexity index is 494. The van der Waals surface area contributed by atoms with Gasteiger partial charge in [0.1, 0.15) is 0 Å². The number of nitrogens with one attached hydrogen (secondary N) is 1. The maximum atomic E-state index is 11.2. The van der Waals surface area contributed by atoms with E-state index in [9.17, 15) is 9.59 Å². The average molecular weight is 254 g/mol. The molecule has 0 saturated heterocycles. The largest absolute Gasteiger partial charge is 0.466 e. The van der Waals surface area contributed by atoms with E-state index in [1.807, 2.05) is 0 Å². The van der Waals surface area contributed by atoms with Gasteiger partial charge < -0.3 is 9.72 Å². The quantitative estimate of drug-likeness (QED) is 0.379. The first-order valence-corrected chi connectivity index (χ1v) is 5.97. The molecule has 0 aliphatic carbocycles. The number of rotatable bonds is 4. The normalized spacial score (nSPS) is 11.4. The summed E-state index contributed by atoms with van der Waals surface area (Å²) < 4.78 is 4.56. The number of nitrogens with zero attached hydrogens (tertiary/aromatic N) is 1. The highest BCUT2D eigenvalue weighted by Crippen LogP contribution is 2.12. The van der Waals surface area contributed by atoms with E-state index in [0.29, 0.717) is 22.2 Å². The van der Waals surface area contributed by atoms with Gasteiger partial charge >= 0.3 is 5.97 Å². The predicted octanol–water partition coefficient (Wildman–Crippen LogP) is 1.29. The third kappa shape index (κ3) is 4.44. The standard InChI is InChI=1S/C11H14N2O3S/c1-7(10(15)16-3)4-5-17-11-12-8(2)6-9(14)13-11/h4,6H,5H2,1-3H3,(H,12,13,14). The van der Waals surface area contributed by atoms with Crippen molar-refractivity contribution in [3.05, 3.63) is 33.8 Å². The third-order valence-electron chi connectivity index (χ3n) is 1.96. The molecule has 5 nitrogen and oxygen atoms in total. The van der Waals surface area contributed by atoms with Gasteiger partial charge in [0.15, 0.2) is 5.16 Å². The molecule has 1 aromatic rings. The molecular formula is C11H14N2O3S. The van der Waals surface area contributed by atoms with Crippen LogP contribution in [0.25, 0.3) is 0 Å².